The summed E-state index contributed by atoms with van der Waals surface area (Å²) in [5.74, 6) is 0.243. The molecule has 1 aromatic carbocycles. The molecule has 1 amide bonds. The maximum Gasteiger partial charge on any atom is 0.259 e. The number of carbonyl (C=O) groups is 1. The second-order valence-electron chi connectivity index (χ2n) is 7.60. The van der Waals surface area contributed by atoms with Crippen LogP contribution in [0.1, 0.15) is 31.4 Å². The minimum Gasteiger partial charge on any atom is -0.445 e. The molecule has 1 N–H and O–H groups in total. The topological polar surface area (TPSA) is 94.1 Å². The van der Waals surface area contributed by atoms with Crippen LogP contribution in [0.4, 0.5) is 5.69 Å². The Morgan fingerprint density at radius 3 is 2.66 bits per heavy atom. The summed E-state index contributed by atoms with van der Waals surface area (Å²) in [5.41, 5.74) is 5.46. The van der Waals surface area contributed by atoms with Crippen LogP contribution in [0.2, 0.25) is 0 Å². The molecule has 0 aliphatic rings. The number of aryl methyl sites for hydroxylation is 3. The number of pyridine rings is 1. The first kappa shape index (κ1) is 20.1. The van der Waals surface area contributed by atoms with Gasteiger partial charge in [-0.3, -0.25) is 4.79 Å². The molecule has 4 heterocycles. The molecule has 0 fully saturated rings. The largest absolute Gasteiger partial charge is 0.445 e. The van der Waals surface area contributed by atoms with E-state index in [1.54, 1.807) is 24.5 Å². The van der Waals surface area contributed by atoms with Crippen molar-refractivity contribution in [2.45, 2.75) is 27.7 Å². The summed E-state index contributed by atoms with van der Waals surface area (Å²) in [6.45, 7) is 7.82. The number of amides is 1. The number of hydrogen-bond acceptors (Lipinski definition) is 7. The minimum absolute atomic E-state index is 0.262. The highest BCUT2D eigenvalue weighted by molar-refractivity contribution is 7.12. The van der Waals surface area contributed by atoms with Crippen molar-refractivity contribution in [3.8, 4) is 22.7 Å². The molecular weight excluding hydrogens is 424 g/mol. The Morgan fingerprint density at radius 2 is 1.94 bits per heavy atom. The Hall–Kier alpha value is -3.78. The van der Waals surface area contributed by atoms with Gasteiger partial charge in [0.1, 0.15) is 6.26 Å². The van der Waals surface area contributed by atoms with E-state index >= 15 is 0 Å². The van der Waals surface area contributed by atoms with E-state index in [2.05, 4.69) is 33.4 Å². The maximum atomic E-state index is 13.5. The standard InChI is InChI=1S/C24H20N4O3S/c1-12-10-17(15(4)32-12)20-11-18(21-14(3)28-31-24(21)27-20)22(29)26-19-7-5-6-16(13(19)2)23-25-8-9-30-23/h5-11H,1-4H3,(H,26,29). The fourth-order valence-electron chi connectivity index (χ4n) is 3.85. The highest BCUT2D eigenvalue weighted by Gasteiger charge is 2.21. The number of thiophene rings is 1. The number of fused-ring (bicyclic) bond motifs is 1. The van der Waals surface area contributed by atoms with Crippen LogP contribution < -0.4 is 5.32 Å². The van der Waals surface area contributed by atoms with E-state index in [9.17, 15) is 4.79 Å². The molecule has 8 heteroatoms. The zero-order chi connectivity index (χ0) is 22.4. The van der Waals surface area contributed by atoms with Crippen molar-refractivity contribution in [1.82, 2.24) is 15.1 Å². The van der Waals surface area contributed by atoms with E-state index in [-0.39, 0.29) is 5.91 Å². The van der Waals surface area contributed by atoms with E-state index in [0.717, 1.165) is 21.6 Å². The van der Waals surface area contributed by atoms with Gasteiger partial charge in [-0.25, -0.2) is 9.97 Å². The van der Waals surface area contributed by atoms with Crippen molar-refractivity contribution in [2.24, 2.45) is 0 Å². The summed E-state index contributed by atoms with van der Waals surface area (Å²) in [5, 5.41) is 7.68. The van der Waals surface area contributed by atoms with Crippen molar-refractivity contribution < 1.29 is 13.7 Å². The lowest BCUT2D eigenvalue weighted by molar-refractivity contribution is 0.102. The smallest absolute Gasteiger partial charge is 0.259 e. The Balaban J connectivity index is 1.59. The molecule has 5 aromatic rings. The van der Waals surface area contributed by atoms with Gasteiger partial charge >= 0.3 is 0 Å². The third kappa shape index (κ3) is 3.38. The number of nitrogens with zero attached hydrogens (tertiary/aromatic N) is 3. The van der Waals surface area contributed by atoms with Crippen LogP contribution >= 0.6 is 11.3 Å². The van der Waals surface area contributed by atoms with E-state index in [0.29, 0.717) is 39.6 Å². The molecule has 160 valence electrons. The van der Waals surface area contributed by atoms with Crippen molar-refractivity contribution in [2.75, 3.05) is 5.32 Å². The maximum absolute atomic E-state index is 13.5. The molecule has 0 bridgehead atoms. The van der Waals surface area contributed by atoms with Crippen molar-refractivity contribution >= 4 is 34.0 Å². The van der Waals surface area contributed by atoms with Gasteiger partial charge in [-0.1, -0.05) is 11.2 Å². The van der Waals surface area contributed by atoms with Gasteiger partial charge in [0.05, 0.1) is 28.5 Å². The monoisotopic (exact) mass is 444 g/mol. The second-order valence-corrected chi connectivity index (χ2v) is 9.06. The number of hydrogen-bond donors (Lipinski definition) is 1. The van der Waals surface area contributed by atoms with E-state index in [1.807, 2.05) is 38.1 Å². The van der Waals surface area contributed by atoms with Crippen molar-refractivity contribution in [3.63, 3.8) is 0 Å². The molecule has 7 nitrogen and oxygen atoms in total. The number of benzene rings is 1. The first-order chi connectivity index (χ1) is 15.4. The molecule has 32 heavy (non-hydrogen) atoms. The lowest BCUT2D eigenvalue weighted by atomic mass is 10.0. The van der Waals surface area contributed by atoms with Crippen molar-refractivity contribution in [1.29, 1.82) is 0 Å². The van der Waals surface area contributed by atoms with Crippen LogP contribution in [0.25, 0.3) is 33.8 Å². The van der Waals surface area contributed by atoms with Crippen molar-refractivity contribution in [3.05, 3.63) is 69.4 Å². The first-order valence-corrected chi connectivity index (χ1v) is 10.9. The van der Waals surface area contributed by atoms with E-state index in [4.69, 9.17) is 8.94 Å². The highest BCUT2D eigenvalue weighted by Crippen LogP contribution is 2.34. The zero-order valence-electron chi connectivity index (χ0n) is 18.0. The minimum atomic E-state index is -0.262. The van der Waals surface area contributed by atoms with Gasteiger partial charge in [0.2, 0.25) is 5.89 Å². The summed E-state index contributed by atoms with van der Waals surface area (Å²) >= 11 is 1.69. The summed E-state index contributed by atoms with van der Waals surface area (Å²) in [7, 11) is 0. The molecule has 0 saturated heterocycles. The van der Waals surface area contributed by atoms with Crippen LogP contribution in [0.15, 0.2) is 51.7 Å². The lowest BCUT2D eigenvalue weighted by Gasteiger charge is -2.12. The van der Waals surface area contributed by atoms with Gasteiger partial charge in [0.15, 0.2) is 0 Å². The predicted molar refractivity (Wildman–Crippen MR) is 124 cm³/mol. The number of rotatable bonds is 4. The lowest BCUT2D eigenvalue weighted by Crippen LogP contribution is -2.14. The fourth-order valence-corrected chi connectivity index (χ4v) is 4.78. The number of anilines is 1. The van der Waals surface area contributed by atoms with Gasteiger partial charge in [-0.05, 0) is 57.5 Å². The molecule has 0 unspecified atom stereocenters. The van der Waals surface area contributed by atoms with Gasteiger partial charge in [-0.2, -0.15) is 0 Å². The van der Waals surface area contributed by atoms with Crippen LogP contribution in [0, 0.1) is 27.7 Å². The number of carbonyl (C=O) groups excluding carboxylic acids is 1. The number of aromatic nitrogens is 3. The summed E-state index contributed by atoms with van der Waals surface area (Å²) in [4.78, 5) is 24.6. The predicted octanol–water partition coefficient (Wildman–Crippen LogP) is 6.09. The molecule has 0 radical (unpaired) electrons. The average Bonchev–Trinajstić information content (AvgIpc) is 3.50. The second kappa shape index (κ2) is 7.72. The summed E-state index contributed by atoms with van der Waals surface area (Å²) in [6.07, 6.45) is 3.12. The SMILES string of the molecule is Cc1cc(-c2cc(C(=O)Nc3cccc(-c4ncco4)c3C)c3c(C)noc3n2)c(C)s1. The summed E-state index contributed by atoms with van der Waals surface area (Å²) < 4.78 is 10.9. The Bertz CT molecular complexity index is 1460. The third-order valence-electron chi connectivity index (χ3n) is 5.42. The van der Waals surface area contributed by atoms with E-state index < -0.39 is 0 Å². The quantitative estimate of drug-likeness (QED) is 0.360. The molecule has 5 rings (SSSR count). The molecule has 0 aliphatic carbocycles. The average molecular weight is 445 g/mol. The zero-order valence-corrected chi connectivity index (χ0v) is 18.8. The van der Waals surface area contributed by atoms with Gasteiger partial charge in [-0.15, -0.1) is 11.3 Å². The molecular formula is C24H20N4O3S. The van der Waals surface area contributed by atoms with Crippen LogP contribution in [0.3, 0.4) is 0 Å². The fraction of sp³-hybridized carbons (Fsp3) is 0.167. The Labute approximate surface area is 188 Å². The molecule has 0 spiro atoms. The number of oxazole rings is 1. The first-order valence-electron chi connectivity index (χ1n) is 10.1. The molecule has 0 aliphatic heterocycles. The Morgan fingerprint density at radius 1 is 1.09 bits per heavy atom. The Kier molecular flexibility index (Phi) is 4.86. The van der Waals surface area contributed by atoms with Gasteiger partial charge < -0.3 is 14.3 Å². The molecule has 0 saturated carbocycles. The summed E-state index contributed by atoms with van der Waals surface area (Å²) in [6, 6.07) is 9.50. The van der Waals surface area contributed by atoms with E-state index in [1.165, 1.54) is 11.1 Å². The van der Waals surface area contributed by atoms with Gasteiger partial charge in [0, 0.05) is 26.6 Å². The highest BCUT2D eigenvalue weighted by atomic mass is 32.1. The van der Waals surface area contributed by atoms with Crippen LogP contribution in [-0.4, -0.2) is 21.0 Å². The van der Waals surface area contributed by atoms with Crippen LogP contribution in [0.5, 0.6) is 0 Å². The van der Waals surface area contributed by atoms with Crippen LogP contribution in [-0.2, 0) is 0 Å². The third-order valence-corrected chi connectivity index (χ3v) is 6.39. The molecule has 4 aromatic heterocycles. The molecule has 0 atom stereocenters. The normalized spacial score (nSPS) is 11.2. The number of nitrogens with one attached hydrogen (secondary N) is 1. The van der Waals surface area contributed by atoms with Gasteiger partial charge in [0.25, 0.3) is 11.6 Å².